The van der Waals surface area contributed by atoms with Crippen LogP contribution < -0.4 is 10.6 Å². The van der Waals surface area contributed by atoms with Crippen molar-refractivity contribution in [1.29, 1.82) is 0 Å². The number of hydrogen-bond donors (Lipinski definition) is 2. The molecular weight excluding hydrogens is 232 g/mol. The van der Waals surface area contributed by atoms with Crippen LogP contribution in [0.2, 0.25) is 0 Å². The van der Waals surface area contributed by atoms with Crippen molar-refractivity contribution in [3.8, 4) is 0 Å². The minimum absolute atomic E-state index is 0.0223. The van der Waals surface area contributed by atoms with Crippen molar-refractivity contribution >= 4 is 11.6 Å². The van der Waals surface area contributed by atoms with Crippen molar-refractivity contribution < 1.29 is 14.6 Å². The van der Waals surface area contributed by atoms with Gasteiger partial charge in [-0.2, -0.15) is 0 Å². The van der Waals surface area contributed by atoms with Crippen molar-refractivity contribution in [2.75, 3.05) is 24.7 Å². The minimum Gasteiger partial charge on any atom is -0.392 e. The summed E-state index contributed by atoms with van der Waals surface area (Å²) < 4.78 is 5.29. The summed E-state index contributed by atoms with van der Waals surface area (Å²) in [4.78, 5) is 13.4. The summed E-state index contributed by atoms with van der Waals surface area (Å²) in [6.07, 6.45) is 0. The molecule has 1 aliphatic rings. The monoisotopic (exact) mass is 250 g/mol. The van der Waals surface area contributed by atoms with E-state index in [9.17, 15) is 4.79 Å². The Morgan fingerprint density at radius 2 is 2.39 bits per heavy atom. The first kappa shape index (κ1) is 12.9. The maximum absolute atomic E-state index is 11.4. The maximum atomic E-state index is 11.4. The molecule has 1 fully saturated rings. The summed E-state index contributed by atoms with van der Waals surface area (Å²) in [7, 11) is 0. The molecule has 98 valence electrons. The van der Waals surface area contributed by atoms with Gasteiger partial charge in [0.2, 0.25) is 5.91 Å². The number of amides is 1. The molecule has 0 saturated carbocycles. The Morgan fingerprint density at radius 3 is 3.00 bits per heavy atom. The van der Waals surface area contributed by atoms with Crippen LogP contribution in [0.4, 0.5) is 5.69 Å². The molecule has 0 aromatic heterocycles. The number of carbonyl (C=O) groups excluding carboxylic acids is 1. The van der Waals surface area contributed by atoms with Crippen LogP contribution >= 0.6 is 0 Å². The van der Waals surface area contributed by atoms with Crippen molar-refractivity contribution in [2.24, 2.45) is 5.73 Å². The summed E-state index contributed by atoms with van der Waals surface area (Å²) >= 11 is 0. The fraction of sp³-hybridized carbons (Fsp3) is 0.462. The van der Waals surface area contributed by atoms with Gasteiger partial charge in [-0.25, -0.2) is 0 Å². The molecule has 0 bridgehead atoms. The van der Waals surface area contributed by atoms with Crippen molar-refractivity contribution in [3.63, 3.8) is 0 Å². The summed E-state index contributed by atoms with van der Waals surface area (Å²) in [5.74, 6) is -0.376. The minimum atomic E-state index is -0.418. The third-order valence-electron chi connectivity index (χ3n) is 3.29. The third-order valence-corrected chi connectivity index (χ3v) is 3.29. The standard InChI is InChI=1S/C13H18N2O3/c1-9-6-11(3-2-10(9)7-16)15-4-5-18-8-12(15)13(14)17/h2-3,6,12,16H,4-5,7-8H2,1H3,(H2,14,17). The van der Waals surface area contributed by atoms with Gasteiger partial charge in [0.05, 0.1) is 19.8 Å². The van der Waals surface area contributed by atoms with E-state index < -0.39 is 6.04 Å². The number of aryl methyl sites for hydroxylation is 1. The Hall–Kier alpha value is -1.59. The second-order valence-corrected chi connectivity index (χ2v) is 4.46. The number of ether oxygens (including phenoxy) is 1. The fourth-order valence-corrected chi connectivity index (χ4v) is 2.18. The van der Waals surface area contributed by atoms with Gasteiger partial charge in [-0.3, -0.25) is 4.79 Å². The van der Waals surface area contributed by atoms with E-state index in [1.54, 1.807) is 0 Å². The van der Waals surface area contributed by atoms with Gasteiger partial charge >= 0.3 is 0 Å². The maximum Gasteiger partial charge on any atom is 0.242 e. The van der Waals surface area contributed by atoms with Gasteiger partial charge in [-0.05, 0) is 30.2 Å². The number of aliphatic hydroxyl groups excluding tert-OH is 1. The summed E-state index contributed by atoms with van der Waals surface area (Å²) in [6, 6.07) is 5.32. The SMILES string of the molecule is Cc1cc(N2CCOCC2C(N)=O)ccc1CO. The molecular formula is C13H18N2O3. The van der Waals surface area contributed by atoms with Crippen molar-refractivity contribution in [1.82, 2.24) is 0 Å². The molecule has 5 heteroatoms. The smallest absolute Gasteiger partial charge is 0.242 e. The van der Waals surface area contributed by atoms with E-state index in [1.807, 2.05) is 30.0 Å². The Bertz CT molecular complexity index is 448. The number of rotatable bonds is 3. The molecule has 1 saturated heterocycles. The van der Waals surface area contributed by atoms with Gasteiger partial charge in [0, 0.05) is 12.2 Å². The van der Waals surface area contributed by atoms with Gasteiger partial charge in [0.25, 0.3) is 0 Å². The van der Waals surface area contributed by atoms with Gasteiger partial charge < -0.3 is 20.5 Å². The predicted octanol–water partition coefficient (Wildman–Crippen LogP) is 0.178. The first-order valence-corrected chi connectivity index (χ1v) is 5.97. The van der Waals surface area contributed by atoms with E-state index in [4.69, 9.17) is 15.6 Å². The zero-order chi connectivity index (χ0) is 13.1. The molecule has 2 rings (SSSR count). The van der Waals surface area contributed by atoms with Crippen LogP contribution in [0.15, 0.2) is 18.2 Å². The highest BCUT2D eigenvalue weighted by molar-refractivity contribution is 5.84. The summed E-state index contributed by atoms with van der Waals surface area (Å²) in [5, 5.41) is 9.15. The normalized spacial score (nSPS) is 19.9. The Balaban J connectivity index is 2.28. The summed E-state index contributed by atoms with van der Waals surface area (Å²) in [5.41, 5.74) is 8.23. The van der Waals surface area contributed by atoms with E-state index in [0.29, 0.717) is 19.8 Å². The van der Waals surface area contributed by atoms with Crippen molar-refractivity contribution in [2.45, 2.75) is 19.6 Å². The highest BCUT2D eigenvalue weighted by Gasteiger charge is 2.27. The topological polar surface area (TPSA) is 75.8 Å². The van der Waals surface area contributed by atoms with Gasteiger partial charge in [0.15, 0.2) is 0 Å². The van der Waals surface area contributed by atoms with Crippen LogP contribution in [-0.2, 0) is 16.1 Å². The molecule has 18 heavy (non-hydrogen) atoms. The first-order chi connectivity index (χ1) is 8.63. The lowest BCUT2D eigenvalue weighted by Gasteiger charge is -2.35. The molecule has 0 spiro atoms. The van der Waals surface area contributed by atoms with Crippen LogP contribution in [0, 0.1) is 6.92 Å². The van der Waals surface area contributed by atoms with Crippen LogP contribution in [0.3, 0.4) is 0 Å². The van der Waals surface area contributed by atoms with Crippen LogP contribution in [0.25, 0.3) is 0 Å². The van der Waals surface area contributed by atoms with Crippen LogP contribution in [-0.4, -0.2) is 36.8 Å². The van der Waals surface area contributed by atoms with E-state index >= 15 is 0 Å². The van der Waals surface area contributed by atoms with E-state index in [0.717, 1.165) is 16.8 Å². The number of hydrogen-bond acceptors (Lipinski definition) is 4. The average molecular weight is 250 g/mol. The van der Waals surface area contributed by atoms with E-state index in [2.05, 4.69) is 0 Å². The number of morpholine rings is 1. The lowest BCUT2D eigenvalue weighted by atomic mass is 10.1. The molecule has 3 N–H and O–H groups in total. The van der Waals surface area contributed by atoms with E-state index in [-0.39, 0.29) is 12.5 Å². The van der Waals surface area contributed by atoms with Crippen LogP contribution in [0.5, 0.6) is 0 Å². The number of primary amides is 1. The lowest BCUT2D eigenvalue weighted by molar-refractivity contribution is -0.121. The van der Waals surface area contributed by atoms with Gasteiger partial charge in [-0.15, -0.1) is 0 Å². The molecule has 1 aliphatic heterocycles. The van der Waals surface area contributed by atoms with Gasteiger partial charge in [-0.1, -0.05) is 6.07 Å². The Kier molecular flexibility index (Phi) is 3.84. The quantitative estimate of drug-likeness (QED) is 0.802. The van der Waals surface area contributed by atoms with E-state index in [1.165, 1.54) is 0 Å². The number of benzene rings is 1. The molecule has 1 aromatic rings. The zero-order valence-corrected chi connectivity index (χ0v) is 10.4. The molecule has 1 aromatic carbocycles. The lowest BCUT2D eigenvalue weighted by Crippen LogP contribution is -2.52. The molecule has 0 radical (unpaired) electrons. The fourth-order valence-electron chi connectivity index (χ4n) is 2.18. The Morgan fingerprint density at radius 1 is 1.61 bits per heavy atom. The molecule has 0 aliphatic carbocycles. The van der Waals surface area contributed by atoms with Gasteiger partial charge in [0.1, 0.15) is 6.04 Å². The largest absolute Gasteiger partial charge is 0.392 e. The predicted molar refractivity (Wildman–Crippen MR) is 68.2 cm³/mol. The highest BCUT2D eigenvalue weighted by atomic mass is 16.5. The van der Waals surface area contributed by atoms with Crippen LogP contribution in [0.1, 0.15) is 11.1 Å². The zero-order valence-electron chi connectivity index (χ0n) is 10.4. The number of anilines is 1. The number of aliphatic hydroxyl groups is 1. The average Bonchev–Trinajstić information content (AvgIpc) is 2.38. The third kappa shape index (κ3) is 2.47. The molecule has 5 nitrogen and oxygen atoms in total. The first-order valence-electron chi connectivity index (χ1n) is 5.97. The number of carbonyl (C=O) groups is 1. The summed E-state index contributed by atoms with van der Waals surface area (Å²) in [6.45, 7) is 3.52. The Labute approximate surface area is 106 Å². The highest BCUT2D eigenvalue weighted by Crippen LogP contribution is 2.23. The molecule has 1 atom stereocenters. The number of nitrogens with two attached hydrogens (primary N) is 1. The molecule has 1 unspecified atom stereocenters. The van der Waals surface area contributed by atoms with Crippen molar-refractivity contribution in [3.05, 3.63) is 29.3 Å². The number of nitrogens with zero attached hydrogens (tertiary/aromatic N) is 1. The second kappa shape index (κ2) is 5.37. The molecule has 1 heterocycles. The molecule has 1 amide bonds. The second-order valence-electron chi connectivity index (χ2n) is 4.46.